The smallest absolute Gasteiger partial charge is 0.125 e. The molecule has 0 spiro atoms. The van der Waals surface area contributed by atoms with Crippen molar-refractivity contribution in [1.29, 1.82) is 0 Å². The Morgan fingerprint density at radius 3 is 2.16 bits per heavy atom. The van der Waals surface area contributed by atoms with Gasteiger partial charge in [-0.25, -0.2) is 0 Å². The fourth-order valence-corrected chi connectivity index (χ4v) is 3.61. The van der Waals surface area contributed by atoms with Crippen LogP contribution in [-0.2, 0) is 12.8 Å². The topological polar surface area (TPSA) is 18.5 Å². The molecule has 3 heteroatoms. The number of benzene rings is 2. The van der Waals surface area contributed by atoms with Gasteiger partial charge in [-0.1, -0.05) is 23.7 Å². The summed E-state index contributed by atoms with van der Waals surface area (Å²) in [6.45, 7) is 8.37. The number of hydrogen-bond acceptors (Lipinski definition) is 2. The molecule has 2 aromatic rings. The number of rotatable bonds is 7. The largest absolute Gasteiger partial charge is 0.496 e. The first kappa shape index (κ1) is 19.7. The van der Waals surface area contributed by atoms with Crippen molar-refractivity contribution in [3.05, 3.63) is 63.0 Å². The van der Waals surface area contributed by atoms with Crippen LogP contribution in [0.4, 0.5) is 0 Å². The van der Waals surface area contributed by atoms with Gasteiger partial charge < -0.3 is 9.47 Å². The van der Waals surface area contributed by atoms with Crippen LogP contribution in [0.2, 0.25) is 5.02 Å². The number of hydrogen-bond donors (Lipinski definition) is 0. The van der Waals surface area contributed by atoms with Crippen LogP contribution >= 0.6 is 11.6 Å². The van der Waals surface area contributed by atoms with Crippen LogP contribution in [0.25, 0.3) is 0 Å². The summed E-state index contributed by atoms with van der Waals surface area (Å²) < 4.78 is 11.3. The average molecular weight is 360 g/mol. The Morgan fingerprint density at radius 2 is 1.52 bits per heavy atom. The van der Waals surface area contributed by atoms with Crippen molar-refractivity contribution in [2.45, 2.75) is 47.0 Å². The highest BCUT2D eigenvalue weighted by atomic mass is 35.5. The SMILES string of the molecule is COc1c(C)c(C)c(OC)c(CC[CH]Cc2cccc(Cl)c2C)c1C. The van der Waals surface area contributed by atoms with E-state index in [1.165, 1.54) is 22.3 Å². The third kappa shape index (κ3) is 4.12. The Kier molecular flexibility index (Phi) is 6.78. The molecule has 2 nitrogen and oxygen atoms in total. The fraction of sp³-hybridized carbons (Fsp3) is 0.409. The Morgan fingerprint density at radius 1 is 0.880 bits per heavy atom. The molecule has 0 atom stereocenters. The molecule has 0 aromatic heterocycles. The number of halogens is 1. The zero-order chi connectivity index (χ0) is 18.6. The molecule has 0 aliphatic carbocycles. The second-order valence-corrected chi connectivity index (χ2v) is 6.88. The van der Waals surface area contributed by atoms with E-state index >= 15 is 0 Å². The Hall–Kier alpha value is -1.67. The quantitative estimate of drug-likeness (QED) is 0.567. The van der Waals surface area contributed by atoms with Gasteiger partial charge in [0.2, 0.25) is 0 Å². The molecular weight excluding hydrogens is 332 g/mol. The lowest BCUT2D eigenvalue weighted by molar-refractivity contribution is 0.390. The first-order chi connectivity index (χ1) is 11.9. The first-order valence-corrected chi connectivity index (χ1v) is 9.06. The molecule has 0 fully saturated rings. The van der Waals surface area contributed by atoms with Crippen LogP contribution in [0.15, 0.2) is 18.2 Å². The van der Waals surface area contributed by atoms with Crippen LogP contribution in [0, 0.1) is 34.1 Å². The summed E-state index contributed by atoms with van der Waals surface area (Å²) in [4.78, 5) is 0. The van der Waals surface area contributed by atoms with Crippen LogP contribution in [-0.4, -0.2) is 14.2 Å². The Balaban J connectivity index is 2.13. The van der Waals surface area contributed by atoms with Gasteiger partial charge in [0.1, 0.15) is 11.5 Å². The molecule has 25 heavy (non-hydrogen) atoms. The van der Waals surface area contributed by atoms with Gasteiger partial charge in [-0.3, -0.25) is 0 Å². The molecule has 0 unspecified atom stereocenters. The normalized spacial score (nSPS) is 10.8. The minimum Gasteiger partial charge on any atom is -0.496 e. The van der Waals surface area contributed by atoms with Gasteiger partial charge in [0.25, 0.3) is 0 Å². The molecule has 2 rings (SSSR count). The number of unbranched alkanes of at least 4 members (excludes halogenated alkanes) is 1. The number of ether oxygens (including phenoxy) is 2. The predicted octanol–water partition coefficient (Wildman–Crippen LogP) is 5.97. The maximum absolute atomic E-state index is 6.20. The van der Waals surface area contributed by atoms with Crippen molar-refractivity contribution < 1.29 is 9.47 Å². The summed E-state index contributed by atoms with van der Waals surface area (Å²) in [5.41, 5.74) is 7.18. The lowest BCUT2D eigenvalue weighted by Crippen LogP contribution is -2.04. The second-order valence-electron chi connectivity index (χ2n) is 6.48. The number of methoxy groups -OCH3 is 2. The van der Waals surface area contributed by atoms with Gasteiger partial charge in [-0.15, -0.1) is 0 Å². The van der Waals surface area contributed by atoms with Crippen molar-refractivity contribution in [2.75, 3.05) is 14.2 Å². The highest BCUT2D eigenvalue weighted by Crippen LogP contribution is 2.38. The summed E-state index contributed by atoms with van der Waals surface area (Å²) in [5.74, 6) is 1.96. The third-order valence-corrected chi connectivity index (χ3v) is 5.47. The van der Waals surface area contributed by atoms with E-state index in [1.807, 2.05) is 12.1 Å². The van der Waals surface area contributed by atoms with Crippen LogP contribution in [0.1, 0.15) is 39.8 Å². The van der Waals surface area contributed by atoms with Crippen LogP contribution < -0.4 is 9.47 Å². The monoisotopic (exact) mass is 359 g/mol. The molecule has 0 saturated carbocycles. The van der Waals surface area contributed by atoms with Gasteiger partial charge >= 0.3 is 0 Å². The van der Waals surface area contributed by atoms with E-state index in [9.17, 15) is 0 Å². The van der Waals surface area contributed by atoms with E-state index < -0.39 is 0 Å². The third-order valence-electron chi connectivity index (χ3n) is 5.06. The van der Waals surface area contributed by atoms with Crippen molar-refractivity contribution in [3.8, 4) is 11.5 Å². The molecule has 0 aliphatic heterocycles. The summed E-state index contributed by atoms with van der Waals surface area (Å²) in [5, 5.41) is 0.835. The Labute approximate surface area is 157 Å². The molecule has 0 bridgehead atoms. The second kappa shape index (κ2) is 8.62. The molecule has 0 amide bonds. The highest BCUT2D eigenvalue weighted by molar-refractivity contribution is 6.31. The summed E-state index contributed by atoms with van der Waals surface area (Å²) in [6.07, 6.45) is 5.16. The van der Waals surface area contributed by atoms with E-state index in [0.717, 1.165) is 46.9 Å². The summed E-state index contributed by atoms with van der Waals surface area (Å²) in [6, 6.07) is 6.10. The first-order valence-electron chi connectivity index (χ1n) is 8.68. The van der Waals surface area contributed by atoms with Crippen molar-refractivity contribution in [2.24, 2.45) is 0 Å². The minimum atomic E-state index is 0.835. The average Bonchev–Trinajstić information content (AvgIpc) is 2.60. The Bertz CT molecular complexity index is 750. The van der Waals surface area contributed by atoms with E-state index in [4.69, 9.17) is 21.1 Å². The van der Waals surface area contributed by atoms with Gasteiger partial charge in [-0.2, -0.15) is 0 Å². The van der Waals surface area contributed by atoms with E-state index in [0.29, 0.717) is 0 Å². The molecule has 0 saturated heterocycles. The van der Waals surface area contributed by atoms with Gasteiger partial charge in [0.05, 0.1) is 14.2 Å². The summed E-state index contributed by atoms with van der Waals surface area (Å²) >= 11 is 6.20. The van der Waals surface area contributed by atoms with Crippen molar-refractivity contribution in [1.82, 2.24) is 0 Å². The lowest BCUT2D eigenvalue weighted by atomic mass is 9.93. The van der Waals surface area contributed by atoms with Crippen LogP contribution in [0.5, 0.6) is 11.5 Å². The maximum atomic E-state index is 6.20. The molecule has 0 N–H and O–H groups in total. The summed E-state index contributed by atoms with van der Waals surface area (Å²) in [7, 11) is 3.48. The predicted molar refractivity (Wildman–Crippen MR) is 106 cm³/mol. The molecule has 135 valence electrons. The molecule has 1 radical (unpaired) electrons. The molecular formula is C22H28ClO2. The highest BCUT2D eigenvalue weighted by Gasteiger charge is 2.18. The fourth-order valence-electron chi connectivity index (χ4n) is 3.42. The zero-order valence-corrected chi connectivity index (χ0v) is 16.9. The van der Waals surface area contributed by atoms with E-state index in [-0.39, 0.29) is 0 Å². The standard InChI is InChI=1S/C22H28ClO2/c1-14-15(2)22(25-6)19(17(4)21(14)24-5)12-8-7-10-18-11-9-13-20(23)16(18)3/h7,9,11,13H,8,10,12H2,1-6H3. The van der Waals surface area contributed by atoms with Crippen molar-refractivity contribution in [3.63, 3.8) is 0 Å². The molecule has 0 aliphatic rings. The lowest BCUT2D eigenvalue weighted by Gasteiger charge is -2.20. The van der Waals surface area contributed by atoms with Crippen molar-refractivity contribution >= 4 is 11.6 Å². The maximum Gasteiger partial charge on any atom is 0.125 e. The molecule has 0 heterocycles. The van der Waals surface area contributed by atoms with Crippen LogP contribution in [0.3, 0.4) is 0 Å². The van der Waals surface area contributed by atoms with Gasteiger partial charge in [0.15, 0.2) is 0 Å². The van der Waals surface area contributed by atoms with E-state index in [1.54, 1.807) is 14.2 Å². The minimum absolute atomic E-state index is 0.835. The molecule has 2 aromatic carbocycles. The van der Waals surface area contributed by atoms with Gasteiger partial charge in [-0.05, 0) is 87.3 Å². The van der Waals surface area contributed by atoms with Gasteiger partial charge in [0, 0.05) is 10.6 Å². The zero-order valence-electron chi connectivity index (χ0n) is 16.1. The van der Waals surface area contributed by atoms with E-state index in [2.05, 4.69) is 40.2 Å².